The zero-order valence-electron chi connectivity index (χ0n) is 6.79. The molecule has 0 saturated carbocycles. The number of hydrogen-bond donors (Lipinski definition) is 4. The van der Waals surface area contributed by atoms with Gasteiger partial charge in [-0.05, 0) is 6.92 Å². The summed E-state index contributed by atoms with van der Waals surface area (Å²) in [6, 6.07) is 0. The Morgan fingerprint density at radius 2 is 1.83 bits per heavy atom. The van der Waals surface area contributed by atoms with Crippen LogP contribution >= 0.6 is 0 Å². The highest BCUT2D eigenvalue weighted by molar-refractivity contribution is 4.92. The van der Waals surface area contributed by atoms with Crippen molar-refractivity contribution in [3.05, 3.63) is 0 Å². The third-order valence-electron chi connectivity index (χ3n) is 2.03. The summed E-state index contributed by atoms with van der Waals surface area (Å²) < 4.78 is 4.89. The van der Waals surface area contributed by atoms with Crippen molar-refractivity contribution in [1.29, 1.82) is 0 Å². The third-order valence-corrected chi connectivity index (χ3v) is 2.03. The van der Waals surface area contributed by atoms with E-state index in [1.807, 2.05) is 0 Å². The van der Waals surface area contributed by atoms with E-state index in [1.165, 1.54) is 0 Å². The van der Waals surface area contributed by atoms with E-state index in [2.05, 4.69) is 0 Å². The van der Waals surface area contributed by atoms with Crippen molar-refractivity contribution in [3.8, 4) is 0 Å². The molecule has 72 valence electrons. The summed E-state index contributed by atoms with van der Waals surface area (Å²) in [7, 11) is 0. The average molecular weight is 178 g/mol. The lowest BCUT2D eigenvalue weighted by molar-refractivity contribution is -0.0831. The molecule has 5 unspecified atom stereocenters. The molecule has 1 fully saturated rings. The van der Waals surface area contributed by atoms with Gasteiger partial charge in [-0.15, -0.1) is 0 Å². The SMILES string of the molecule is CC1OC1C(O)C(O)C(O)CO. The second-order valence-electron chi connectivity index (χ2n) is 3.04. The monoisotopic (exact) mass is 178 g/mol. The minimum Gasteiger partial charge on any atom is -0.394 e. The molecule has 1 aliphatic rings. The van der Waals surface area contributed by atoms with Crippen molar-refractivity contribution in [2.75, 3.05) is 6.61 Å². The van der Waals surface area contributed by atoms with Crippen LogP contribution in [0, 0.1) is 0 Å². The largest absolute Gasteiger partial charge is 0.394 e. The molecule has 1 heterocycles. The van der Waals surface area contributed by atoms with E-state index in [9.17, 15) is 10.2 Å². The topological polar surface area (TPSA) is 93.5 Å². The van der Waals surface area contributed by atoms with Crippen LogP contribution in [0.15, 0.2) is 0 Å². The van der Waals surface area contributed by atoms with Gasteiger partial charge in [0.05, 0.1) is 12.7 Å². The van der Waals surface area contributed by atoms with Crippen LogP contribution in [-0.4, -0.2) is 57.6 Å². The van der Waals surface area contributed by atoms with Gasteiger partial charge >= 0.3 is 0 Å². The van der Waals surface area contributed by atoms with Crippen molar-refractivity contribution in [1.82, 2.24) is 0 Å². The Hall–Kier alpha value is -0.200. The Kier molecular flexibility index (Phi) is 3.03. The number of ether oxygens (including phenoxy) is 1. The maximum atomic E-state index is 9.28. The molecular formula is C7H14O5. The van der Waals surface area contributed by atoms with Crippen LogP contribution < -0.4 is 0 Å². The normalized spacial score (nSPS) is 35.8. The lowest BCUT2D eigenvalue weighted by atomic mass is 10.0. The van der Waals surface area contributed by atoms with Gasteiger partial charge in [0.2, 0.25) is 0 Å². The Labute approximate surface area is 70.2 Å². The fourth-order valence-corrected chi connectivity index (χ4v) is 1.09. The Morgan fingerprint density at radius 1 is 1.33 bits per heavy atom. The van der Waals surface area contributed by atoms with Crippen molar-refractivity contribution >= 4 is 0 Å². The standard InChI is InChI=1S/C7H14O5/c1-3-7(12-3)6(11)5(10)4(9)2-8/h3-11H,2H2,1H3. The smallest absolute Gasteiger partial charge is 0.112 e. The first kappa shape index (κ1) is 9.88. The van der Waals surface area contributed by atoms with Crippen molar-refractivity contribution in [3.63, 3.8) is 0 Å². The predicted octanol–water partition coefficient (Wildman–Crippen LogP) is -2.15. The second kappa shape index (κ2) is 3.68. The van der Waals surface area contributed by atoms with Crippen LogP contribution in [0.4, 0.5) is 0 Å². The van der Waals surface area contributed by atoms with Crippen molar-refractivity contribution in [2.45, 2.75) is 37.4 Å². The maximum Gasteiger partial charge on any atom is 0.112 e. The summed E-state index contributed by atoms with van der Waals surface area (Å²) >= 11 is 0. The maximum absolute atomic E-state index is 9.28. The summed E-state index contributed by atoms with van der Waals surface area (Å²) in [5.74, 6) is 0. The Morgan fingerprint density at radius 3 is 2.17 bits per heavy atom. The first-order valence-corrected chi connectivity index (χ1v) is 3.88. The summed E-state index contributed by atoms with van der Waals surface area (Å²) in [6.45, 7) is 1.19. The highest BCUT2D eigenvalue weighted by Gasteiger charge is 2.45. The second-order valence-corrected chi connectivity index (χ2v) is 3.04. The lowest BCUT2D eigenvalue weighted by Crippen LogP contribution is -2.42. The minimum absolute atomic E-state index is 0.0828. The highest BCUT2D eigenvalue weighted by atomic mass is 16.6. The molecule has 0 aliphatic carbocycles. The molecule has 0 radical (unpaired) electrons. The van der Waals surface area contributed by atoms with Crippen LogP contribution in [0.2, 0.25) is 0 Å². The molecule has 4 N–H and O–H groups in total. The van der Waals surface area contributed by atoms with Gasteiger partial charge < -0.3 is 25.2 Å². The van der Waals surface area contributed by atoms with Crippen LogP contribution in [0.5, 0.6) is 0 Å². The van der Waals surface area contributed by atoms with Crippen LogP contribution in [0.25, 0.3) is 0 Å². The summed E-state index contributed by atoms with van der Waals surface area (Å²) in [5, 5.41) is 35.9. The highest BCUT2D eigenvalue weighted by Crippen LogP contribution is 2.26. The third kappa shape index (κ3) is 1.94. The molecule has 1 saturated heterocycles. The van der Waals surface area contributed by atoms with E-state index in [0.29, 0.717) is 0 Å². The molecule has 0 aromatic carbocycles. The summed E-state index contributed by atoms with van der Waals surface area (Å²) in [5.41, 5.74) is 0. The Balaban J connectivity index is 2.35. The van der Waals surface area contributed by atoms with Crippen LogP contribution in [-0.2, 0) is 4.74 Å². The van der Waals surface area contributed by atoms with Gasteiger partial charge in [0.25, 0.3) is 0 Å². The number of aliphatic hydroxyl groups excluding tert-OH is 4. The lowest BCUT2D eigenvalue weighted by Gasteiger charge is -2.19. The fourth-order valence-electron chi connectivity index (χ4n) is 1.09. The van der Waals surface area contributed by atoms with Crippen LogP contribution in [0.1, 0.15) is 6.92 Å². The first-order valence-electron chi connectivity index (χ1n) is 3.88. The van der Waals surface area contributed by atoms with Gasteiger partial charge in [-0.25, -0.2) is 0 Å². The molecule has 0 aromatic rings. The van der Waals surface area contributed by atoms with Gasteiger partial charge in [0.15, 0.2) is 0 Å². The van der Waals surface area contributed by atoms with E-state index in [0.717, 1.165) is 0 Å². The minimum atomic E-state index is -1.34. The molecule has 5 nitrogen and oxygen atoms in total. The van der Waals surface area contributed by atoms with Gasteiger partial charge in [0.1, 0.15) is 24.4 Å². The van der Waals surface area contributed by atoms with E-state index in [-0.39, 0.29) is 6.10 Å². The molecule has 1 rings (SSSR count). The molecule has 5 atom stereocenters. The molecule has 5 heteroatoms. The molecule has 0 amide bonds. The van der Waals surface area contributed by atoms with Gasteiger partial charge in [-0.1, -0.05) is 0 Å². The quantitative estimate of drug-likeness (QED) is 0.368. The molecule has 0 spiro atoms. The van der Waals surface area contributed by atoms with Crippen molar-refractivity contribution in [2.24, 2.45) is 0 Å². The van der Waals surface area contributed by atoms with E-state index in [4.69, 9.17) is 14.9 Å². The zero-order valence-corrected chi connectivity index (χ0v) is 6.79. The number of hydrogen-bond acceptors (Lipinski definition) is 5. The fraction of sp³-hybridized carbons (Fsp3) is 1.00. The predicted molar refractivity (Wildman–Crippen MR) is 39.4 cm³/mol. The summed E-state index contributed by atoms with van der Waals surface area (Å²) in [6.07, 6.45) is -4.27. The molecule has 1 aliphatic heterocycles. The number of epoxide rings is 1. The van der Waals surface area contributed by atoms with Gasteiger partial charge in [-0.2, -0.15) is 0 Å². The van der Waals surface area contributed by atoms with E-state index < -0.39 is 31.0 Å². The molecule has 0 aromatic heterocycles. The average Bonchev–Trinajstić information content (AvgIpc) is 2.78. The molecule has 0 bridgehead atoms. The van der Waals surface area contributed by atoms with E-state index in [1.54, 1.807) is 6.92 Å². The van der Waals surface area contributed by atoms with E-state index >= 15 is 0 Å². The van der Waals surface area contributed by atoms with Gasteiger partial charge in [0, 0.05) is 0 Å². The Bertz CT molecular complexity index is 143. The molecule has 12 heavy (non-hydrogen) atoms. The molecular weight excluding hydrogens is 164 g/mol. The number of aliphatic hydroxyl groups is 4. The summed E-state index contributed by atoms with van der Waals surface area (Å²) in [4.78, 5) is 0. The van der Waals surface area contributed by atoms with Gasteiger partial charge in [-0.3, -0.25) is 0 Å². The van der Waals surface area contributed by atoms with Crippen molar-refractivity contribution < 1.29 is 25.2 Å². The van der Waals surface area contributed by atoms with Crippen LogP contribution in [0.3, 0.4) is 0 Å². The first-order chi connectivity index (χ1) is 5.57. The zero-order chi connectivity index (χ0) is 9.30. The number of rotatable bonds is 4.